The van der Waals surface area contributed by atoms with Crippen LogP contribution in [-0.4, -0.2) is 17.2 Å². The predicted molar refractivity (Wildman–Crippen MR) is 87.6 cm³/mol. The highest BCUT2D eigenvalue weighted by Crippen LogP contribution is 2.31. The van der Waals surface area contributed by atoms with Crippen LogP contribution in [0.4, 0.5) is 0 Å². The van der Waals surface area contributed by atoms with E-state index >= 15 is 0 Å². The van der Waals surface area contributed by atoms with Crippen molar-refractivity contribution in [1.82, 2.24) is 5.43 Å². The maximum absolute atomic E-state index is 11.9. The van der Waals surface area contributed by atoms with E-state index in [1.54, 1.807) is 23.6 Å². The smallest absolute Gasteiger partial charge is 0.275 e. The van der Waals surface area contributed by atoms with Gasteiger partial charge in [-0.2, -0.15) is 5.10 Å². The highest BCUT2D eigenvalue weighted by molar-refractivity contribution is 9.11. The highest BCUT2D eigenvalue weighted by Gasteiger charge is 2.14. The van der Waals surface area contributed by atoms with Gasteiger partial charge in [-0.3, -0.25) is 4.79 Å². The molecule has 0 bridgehead atoms. The van der Waals surface area contributed by atoms with E-state index in [1.165, 1.54) is 10.9 Å². The van der Waals surface area contributed by atoms with E-state index in [2.05, 4.69) is 42.4 Å². The number of phenols is 1. The molecular weight excluding hydrogens is 408 g/mol. The molecule has 2 rings (SSSR count). The first-order chi connectivity index (χ1) is 9.47. The van der Waals surface area contributed by atoms with E-state index in [-0.39, 0.29) is 11.3 Å². The third kappa shape index (κ3) is 3.68. The number of hydrogen-bond acceptors (Lipinski definition) is 4. The topological polar surface area (TPSA) is 61.7 Å². The number of amides is 1. The number of carbonyl (C=O) groups is 1. The quantitative estimate of drug-likeness (QED) is 0.584. The number of hydrazone groups is 1. The Morgan fingerprint density at radius 3 is 2.80 bits per heavy atom. The number of thiophene rings is 1. The molecular formula is C13H10Br2N2O2S. The summed E-state index contributed by atoms with van der Waals surface area (Å²) in [6.07, 6.45) is 1.57. The second-order valence-corrected chi connectivity index (χ2v) is 7.02. The minimum atomic E-state index is -0.478. The third-order valence-corrected chi connectivity index (χ3v) is 4.39. The Kier molecular flexibility index (Phi) is 4.95. The van der Waals surface area contributed by atoms with Crippen LogP contribution in [0.15, 0.2) is 38.3 Å². The summed E-state index contributed by atoms with van der Waals surface area (Å²) in [5, 5.41) is 13.7. The lowest BCUT2D eigenvalue weighted by atomic mass is 10.2. The predicted octanol–water partition coefficient (Wildman–Crippen LogP) is 4.05. The van der Waals surface area contributed by atoms with Crippen molar-refractivity contribution in [2.45, 2.75) is 6.92 Å². The van der Waals surface area contributed by atoms with Crippen LogP contribution in [0.25, 0.3) is 0 Å². The zero-order valence-corrected chi connectivity index (χ0v) is 14.3. The van der Waals surface area contributed by atoms with Crippen LogP contribution in [0, 0.1) is 6.92 Å². The van der Waals surface area contributed by atoms with Gasteiger partial charge >= 0.3 is 0 Å². The van der Waals surface area contributed by atoms with Gasteiger partial charge in [-0.15, -0.1) is 11.3 Å². The fraction of sp³-hybridized carbons (Fsp3) is 0.0769. The molecule has 0 spiro atoms. The molecule has 0 unspecified atom stereocenters. The van der Waals surface area contributed by atoms with Crippen molar-refractivity contribution in [3.05, 3.63) is 48.5 Å². The van der Waals surface area contributed by atoms with Gasteiger partial charge in [0.15, 0.2) is 0 Å². The van der Waals surface area contributed by atoms with Gasteiger partial charge in [0.05, 0.1) is 16.3 Å². The second kappa shape index (κ2) is 6.51. The van der Waals surface area contributed by atoms with Crippen LogP contribution < -0.4 is 5.43 Å². The molecule has 1 aromatic carbocycles. The molecule has 0 aliphatic carbocycles. The summed E-state index contributed by atoms with van der Waals surface area (Å²) in [4.78, 5) is 14.1. The number of phenolic OH excluding ortho intramolecular Hbond substituents is 1. The Morgan fingerprint density at radius 2 is 2.15 bits per heavy atom. The lowest BCUT2D eigenvalue weighted by molar-refractivity contribution is 0.0952. The van der Waals surface area contributed by atoms with Crippen LogP contribution in [0.5, 0.6) is 5.75 Å². The van der Waals surface area contributed by atoms with Gasteiger partial charge in [0.1, 0.15) is 5.75 Å². The number of aryl methyl sites for hydroxylation is 1. The van der Waals surface area contributed by atoms with Gasteiger partial charge in [-0.1, -0.05) is 15.9 Å². The Labute approximate surface area is 136 Å². The number of halogens is 2. The molecule has 0 saturated heterocycles. The number of nitrogens with zero attached hydrogens (tertiary/aromatic N) is 1. The van der Waals surface area contributed by atoms with Crippen molar-refractivity contribution in [3.8, 4) is 5.75 Å². The number of hydrogen-bond donors (Lipinski definition) is 2. The minimum absolute atomic E-state index is 0.118. The van der Waals surface area contributed by atoms with Crippen molar-refractivity contribution in [2.24, 2.45) is 5.10 Å². The largest absolute Gasteiger partial charge is 0.506 e. The molecule has 0 atom stereocenters. The zero-order chi connectivity index (χ0) is 14.7. The minimum Gasteiger partial charge on any atom is -0.506 e. The van der Waals surface area contributed by atoms with Gasteiger partial charge < -0.3 is 5.11 Å². The molecule has 1 heterocycles. The number of nitrogens with one attached hydrogen (secondary N) is 1. The van der Waals surface area contributed by atoms with Crippen LogP contribution in [-0.2, 0) is 0 Å². The van der Waals surface area contributed by atoms with Crippen LogP contribution >= 0.6 is 43.2 Å². The van der Waals surface area contributed by atoms with Gasteiger partial charge in [-0.05, 0) is 47.1 Å². The monoisotopic (exact) mass is 416 g/mol. The van der Waals surface area contributed by atoms with E-state index in [0.717, 1.165) is 4.88 Å². The Balaban J connectivity index is 2.11. The molecule has 0 fully saturated rings. The number of benzene rings is 1. The van der Waals surface area contributed by atoms with Crippen LogP contribution in [0.2, 0.25) is 0 Å². The molecule has 0 radical (unpaired) electrons. The zero-order valence-electron chi connectivity index (χ0n) is 10.4. The standard InChI is InChI=1S/C13H10Br2N2O2S/c1-7-2-3-9(20-7)6-16-17-13(19)10-4-8(14)5-11(15)12(10)18/h2-6,18H,1H3,(H,17,19). The molecule has 104 valence electrons. The summed E-state index contributed by atoms with van der Waals surface area (Å²) in [6.45, 7) is 2.00. The van der Waals surface area contributed by atoms with E-state index in [0.29, 0.717) is 8.95 Å². The maximum atomic E-state index is 11.9. The molecule has 4 nitrogen and oxygen atoms in total. The molecule has 2 aromatic rings. The summed E-state index contributed by atoms with van der Waals surface area (Å²) < 4.78 is 1.13. The summed E-state index contributed by atoms with van der Waals surface area (Å²) in [7, 11) is 0. The Morgan fingerprint density at radius 1 is 1.40 bits per heavy atom. The molecule has 20 heavy (non-hydrogen) atoms. The summed E-state index contributed by atoms with van der Waals surface area (Å²) in [5.41, 5.74) is 2.53. The summed E-state index contributed by atoms with van der Waals surface area (Å²) in [5.74, 6) is -0.595. The Hall–Kier alpha value is -1.18. The first-order valence-corrected chi connectivity index (χ1v) is 7.95. The molecule has 1 aromatic heterocycles. The molecule has 1 amide bonds. The number of rotatable bonds is 3. The SMILES string of the molecule is Cc1ccc(C=NNC(=O)c2cc(Br)cc(Br)c2O)s1. The second-order valence-electron chi connectivity index (χ2n) is 3.93. The van der Waals surface area contributed by atoms with Crippen molar-refractivity contribution < 1.29 is 9.90 Å². The first-order valence-electron chi connectivity index (χ1n) is 5.55. The van der Waals surface area contributed by atoms with Gasteiger partial charge in [0.25, 0.3) is 5.91 Å². The molecule has 0 saturated carbocycles. The van der Waals surface area contributed by atoms with Gasteiger partial charge in [0, 0.05) is 14.2 Å². The fourth-order valence-electron chi connectivity index (χ4n) is 1.48. The Bertz CT molecular complexity index is 683. The maximum Gasteiger partial charge on any atom is 0.275 e. The third-order valence-electron chi connectivity index (χ3n) is 2.39. The van der Waals surface area contributed by atoms with Crippen LogP contribution in [0.3, 0.4) is 0 Å². The summed E-state index contributed by atoms with van der Waals surface area (Å²) in [6, 6.07) is 7.08. The fourth-order valence-corrected chi connectivity index (χ4v) is 3.45. The lowest BCUT2D eigenvalue weighted by Crippen LogP contribution is -2.17. The summed E-state index contributed by atoms with van der Waals surface area (Å²) >= 11 is 8.02. The van der Waals surface area contributed by atoms with Crippen molar-refractivity contribution in [1.29, 1.82) is 0 Å². The average Bonchev–Trinajstić information content (AvgIpc) is 2.79. The number of carbonyl (C=O) groups excluding carboxylic acids is 1. The van der Waals surface area contributed by atoms with Crippen molar-refractivity contribution >= 4 is 55.3 Å². The van der Waals surface area contributed by atoms with Crippen LogP contribution in [0.1, 0.15) is 20.1 Å². The normalized spacial score (nSPS) is 10.9. The molecule has 0 aliphatic rings. The van der Waals surface area contributed by atoms with Crippen molar-refractivity contribution in [3.63, 3.8) is 0 Å². The highest BCUT2D eigenvalue weighted by atomic mass is 79.9. The lowest BCUT2D eigenvalue weighted by Gasteiger charge is -2.05. The van der Waals surface area contributed by atoms with E-state index in [4.69, 9.17) is 0 Å². The molecule has 0 aliphatic heterocycles. The van der Waals surface area contributed by atoms with E-state index in [9.17, 15) is 9.90 Å². The van der Waals surface area contributed by atoms with E-state index < -0.39 is 5.91 Å². The molecule has 7 heteroatoms. The number of aromatic hydroxyl groups is 1. The molecule has 2 N–H and O–H groups in total. The van der Waals surface area contributed by atoms with Gasteiger partial charge in [-0.25, -0.2) is 5.43 Å². The average molecular weight is 418 g/mol. The van der Waals surface area contributed by atoms with E-state index in [1.807, 2.05) is 19.1 Å². The first kappa shape index (κ1) is 15.2. The van der Waals surface area contributed by atoms with Gasteiger partial charge in [0.2, 0.25) is 0 Å². The van der Waals surface area contributed by atoms with Crippen molar-refractivity contribution in [2.75, 3.05) is 0 Å².